The van der Waals surface area contributed by atoms with Gasteiger partial charge in [0.05, 0.1) is 12.5 Å². The fraction of sp³-hybridized carbons (Fsp3) is 0.267. The van der Waals surface area contributed by atoms with E-state index in [1.54, 1.807) is 0 Å². The molecule has 3 rings (SSSR count). The summed E-state index contributed by atoms with van der Waals surface area (Å²) in [7, 11) is 3.94. The van der Waals surface area contributed by atoms with Crippen LogP contribution < -0.4 is 5.32 Å². The minimum absolute atomic E-state index is 0.918. The summed E-state index contributed by atoms with van der Waals surface area (Å²) in [6.45, 7) is 0.933. The number of furan rings is 1. The molecule has 3 aromatic rings. The number of nitrogens with zero attached hydrogens (tertiary/aromatic N) is 2. The third kappa shape index (κ3) is 2.04. The Morgan fingerprint density at radius 1 is 1.26 bits per heavy atom. The number of likely N-dealkylation sites (N-methyl/N-ethyl adjacent to an activating group) is 1. The molecule has 2 heterocycles. The maximum absolute atomic E-state index is 5.62. The Kier molecular flexibility index (Phi) is 3.09. The molecule has 4 nitrogen and oxygen atoms in total. The zero-order chi connectivity index (χ0) is 13.2. The van der Waals surface area contributed by atoms with Crippen molar-refractivity contribution < 1.29 is 4.42 Å². The van der Waals surface area contributed by atoms with E-state index in [4.69, 9.17) is 4.42 Å². The standard InChI is InChI=1S/C15H17N3O/c1-16-8-7-14-12(9-17-18(14)2)13-10-19-15-6-4-3-5-11(13)15/h3-6,9-10,16H,7-8H2,1-2H3. The van der Waals surface area contributed by atoms with Gasteiger partial charge in [-0.1, -0.05) is 18.2 Å². The van der Waals surface area contributed by atoms with Crippen molar-refractivity contribution in [2.45, 2.75) is 6.42 Å². The van der Waals surface area contributed by atoms with Gasteiger partial charge in [0.25, 0.3) is 0 Å². The Bertz CT molecular complexity index is 696. The summed E-state index contributed by atoms with van der Waals surface area (Å²) >= 11 is 0. The van der Waals surface area contributed by atoms with Crippen molar-refractivity contribution in [3.8, 4) is 11.1 Å². The van der Waals surface area contributed by atoms with E-state index in [0.29, 0.717) is 0 Å². The van der Waals surface area contributed by atoms with E-state index >= 15 is 0 Å². The Morgan fingerprint density at radius 2 is 2.11 bits per heavy atom. The van der Waals surface area contributed by atoms with Crippen LogP contribution in [0, 0.1) is 0 Å². The highest BCUT2D eigenvalue weighted by molar-refractivity contribution is 5.94. The molecule has 0 atom stereocenters. The highest BCUT2D eigenvalue weighted by Gasteiger charge is 2.14. The quantitative estimate of drug-likeness (QED) is 0.779. The molecule has 0 saturated carbocycles. The van der Waals surface area contributed by atoms with Gasteiger partial charge in [-0.15, -0.1) is 0 Å². The Balaban J connectivity index is 2.11. The lowest BCUT2D eigenvalue weighted by Gasteiger charge is -2.05. The first-order valence-electron chi connectivity index (χ1n) is 6.43. The van der Waals surface area contributed by atoms with Crippen molar-refractivity contribution >= 4 is 11.0 Å². The first kappa shape index (κ1) is 12.0. The lowest BCUT2D eigenvalue weighted by molar-refractivity contribution is 0.616. The van der Waals surface area contributed by atoms with Crippen LogP contribution in [0.1, 0.15) is 5.69 Å². The second-order valence-corrected chi connectivity index (χ2v) is 4.63. The van der Waals surface area contributed by atoms with Gasteiger partial charge in [0.15, 0.2) is 0 Å². The van der Waals surface area contributed by atoms with Crippen LogP contribution in [0.25, 0.3) is 22.1 Å². The van der Waals surface area contributed by atoms with Crippen molar-refractivity contribution in [1.29, 1.82) is 0 Å². The second kappa shape index (κ2) is 4.90. The van der Waals surface area contributed by atoms with Gasteiger partial charge in [0, 0.05) is 42.2 Å². The molecule has 0 bridgehead atoms. The molecule has 1 N–H and O–H groups in total. The minimum Gasteiger partial charge on any atom is -0.464 e. The number of rotatable bonds is 4. The third-order valence-electron chi connectivity index (χ3n) is 3.44. The highest BCUT2D eigenvalue weighted by atomic mass is 16.3. The van der Waals surface area contributed by atoms with Gasteiger partial charge in [0.1, 0.15) is 5.58 Å². The molecular formula is C15H17N3O. The van der Waals surface area contributed by atoms with Gasteiger partial charge in [-0.05, 0) is 13.1 Å². The van der Waals surface area contributed by atoms with Crippen molar-refractivity contribution in [3.05, 3.63) is 42.4 Å². The van der Waals surface area contributed by atoms with Gasteiger partial charge in [-0.2, -0.15) is 5.10 Å². The molecule has 0 saturated heterocycles. The molecular weight excluding hydrogens is 238 g/mol. The van der Waals surface area contributed by atoms with Crippen LogP contribution in [-0.2, 0) is 13.5 Å². The van der Waals surface area contributed by atoms with Crippen LogP contribution in [0.2, 0.25) is 0 Å². The molecule has 2 aromatic heterocycles. The molecule has 1 aromatic carbocycles. The van der Waals surface area contributed by atoms with Gasteiger partial charge in [-0.3, -0.25) is 4.68 Å². The number of nitrogens with one attached hydrogen (secondary N) is 1. The molecule has 19 heavy (non-hydrogen) atoms. The van der Waals surface area contributed by atoms with Crippen LogP contribution in [0.3, 0.4) is 0 Å². The van der Waals surface area contributed by atoms with Crippen LogP contribution in [0.4, 0.5) is 0 Å². The van der Waals surface area contributed by atoms with E-state index in [9.17, 15) is 0 Å². The van der Waals surface area contributed by atoms with Gasteiger partial charge in [0.2, 0.25) is 0 Å². The number of para-hydroxylation sites is 1. The van der Waals surface area contributed by atoms with Crippen LogP contribution >= 0.6 is 0 Å². The van der Waals surface area contributed by atoms with E-state index in [1.165, 1.54) is 5.69 Å². The molecule has 0 radical (unpaired) electrons. The van der Waals surface area contributed by atoms with E-state index < -0.39 is 0 Å². The zero-order valence-electron chi connectivity index (χ0n) is 11.2. The Hall–Kier alpha value is -2.07. The number of benzene rings is 1. The molecule has 0 aliphatic rings. The second-order valence-electron chi connectivity index (χ2n) is 4.63. The smallest absolute Gasteiger partial charge is 0.134 e. The summed E-state index contributed by atoms with van der Waals surface area (Å²) in [5.41, 5.74) is 4.42. The number of aryl methyl sites for hydroxylation is 1. The Labute approximate surface area is 112 Å². The lowest BCUT2D eigenvalue weighted by Crippen LogP contribution is -2.13. The predicted octanol–water partition coefficient (Wildman–Crippen LogP) is 2.60. The fourth-order valence-corrected chi connectivity index (χ4v) is 2.41. The number of fused-ring (bicyclic) bond motifs is 1. The molecule has 0 fully saturated rings. The molecule has 0 aliphatic carbocycles. The topological polar surface area (TPSA) is 43.0 Å². The van der Waals surface area contributed by atoms with E-state index in [1.807, 2.05) is 49.4 Å². The number of hydrogen-bond donors (Lipinski definition) is 1. The summed E-state index contributed by atoms with van der Waals surface area (Å²) in [5.74, 6) is 0. The van der Waals surface area contributed by atoms with Gasteiger partial charge >= 0.3 is 0 Å². The summed E-state index contributed by atoms with van der Waals surface area (Å²) in [6, 6.07) is 8.09. The van der Waals surface area contributed by atoms with Crippen molar-refractivity contribution in [2.75, 3.05) is 13.6 Å². The highest BCUT2D eigenvalue weighted by Crippen LogP contribution is 2.32. The van der Waals surface area contributed by atoms with E-state index in [-0.39, 0.29) is 0 Å². The number of aromatic nitrogens is 2. The van der Waals surface area contributed by atoms with Gasteiger partial charge < -0.3 is 9.73 Å². The Morgan fingerprint density at radius 3 is 2.95 bits per heavy atom. The monoisotopic (exact) mass is 255 g/mol. The van der Waals surface area contributed by atoms with Crippen molar-refractivity contribution in [1.82, 2.24) is 15.1 Å². The average Bonchev–Trinajstić information content (AvgIpc) is 3.00. The lowest BCUT2D eigenvalue weighted by atomic mass is 10.0. The van der Waals surface area contributed by atoms with Crippen LogP contribution in [0.15, 0.2) is 41.1 Å². The third-order valence-corrected chi connectivity index (χ3v) is 3.44. The van der Waals surface area contributed by atoms with Crippen LogP contribution in [-0.4, -0.2) is 23.4 Å². The molecule has 0 spiro atoms. The SMILES string of the molecule is CNCCc1c(-c2coc3ccccc23)cnn1C. The first-order valence-corrected chi connectivity index (χ1v) is 6.43. The fourth-order valence-electron chi connectivity index (χ4n) is 2.41. The summed E-state index contributed by atoms with van der Waals surface area (Å²) < 4.78 is 7.56. The van der Waals surface area contributed by atoms with Crippen molar-refractivity contribution in [3.63, 3.8) is 0 Å². The normalized spacial score (nSPS) is 11.3. The zero-order valence-corrected chi connectivity index (χ0v) is 11.2. The number of hydrogen-bond acceptors (Lipinski definition) is 3. The molecule has 0 aliphatic heterocycles. The predicted molar refractivity (Wildman–Crippen MR) is 76.0 cm³/mol. The molecule has 4 heteroatoms. The summed E-state index contributed by atoms with van der Waals surface area (Å²) in [4.78, 5) is 0. The minimum atomic E-state index is 0.918. The summed E-state index contributed by atoms with van der Waals surface area (Å²) in [6.07, 6.45) is 4.69. The largest absolute Gasteiger partial charge is 0.464 e. The average molecular weight is 255 g/mol. The maximum atomic E-state index is 5.62. The summed E-state index contributed by atoms with van der Waals surface area (Å²) in [5, 5.41) is 8.70. The van der Waals surface area contributed by atoms with Crippen LogP contribution in [0.5, 0.6) is 0 Å². The first-order chi connectivity index (χ1) is 9.31. The maximum Gasteiger partial charge on any atom is 0.134 e. The molecule has 98 valence electrons. The van der Waals surface area contributed by atoms with Gasteiger partial charge in [-0.25, -0.2) is 0 Å². The van der Waals surface area contributed by atoms with Crippen molar-refractivity contribution in [2.24, 2.45) is 7.05 Å². The molecule has 0 amide bonds. The van der Waals surface area contributed by atoms with E-state index in [0.717, 1.165) is 35.1 Å². The van der Waals surface area contributed by atoms with E-state index in [2.05, 4.69) is 16.5 Å². The molecule has 0 unspecified atom stereocenters.